The van der Waals surface area contributed by atoms with Gasteiger partial charge in [0.15, 0.2) is 0 Å². The second-order valence-electron chi connectivity index (χ2n) is 4.32. The molecule has 92 valence electrons. The Bertz CT molecular complexity index is 427. The molecule has 17 heavy (non-hydrogen) atoms. The fourth-order valence-corrected chi connectivity index (χ4v) is 1.95. The molecule has 1 aliphatic rings. The maximum atomic E-state index is 10.7. The molecule has 0 radical (unpaired) electrons. The van der Waals surface area contributed by atoms with Gasteiger partial charge >= 0.3 is 0 Å². The third kappa shape index (κ3) is 2.52. The summed E-state index contributed by atoms with van der Waals surface area (Å²) in [4.78, 5) is 19.0. The first-order valence-corrected chi connectivity index (χ1v) is 5.63. The summed E-state index contributed by atoms with van der Waals surface area (Å²) in [6, 6.07) is 3.27. The minimum atomic E-state index is -0.393. The SMILES string of the molecule is Cc1nc(N2CCN(C)CC2)ccc1[N+](=O)[O-]. The van der Waals surface area contributed by atoms with Gasteiger partial charge in [0.05, 0.1) is 4.92 Å². The standard InChI is InChI=1S/C11H16N4O2/c1-9-10(15(16)17)3-4-11(12-9)14-7-5-13(2)6-8-14/h3-4H,5-8H2,1-2H3. The fourth-order valence-electron chi connectivity index (χ4n) is 1.95. The number of pyridine rings is 1. The maximum Gasteiger partial charge on any atom is 0.290 e. The van der Waals surface area contributed by atoms with Crippen molar-refractivity contribution < 1.29 is 4.92 Å². The van der Waals surface area contributed by atoms with Gasteiger partial charge in [-0.2, -0.15) is 0 Å². The van der Waals surface area contributed by atoms with Gasteiger partial charge in [0.2, 0.25) is 0 Å². The minimum absolute atomic E-state index is 0.0860. The first kappa shape index (κ1) is 11.8. The van der Waals surface area contributed by atoms with Gasteiger partial charge in [0, 0.05) is 32.2 Å². The molecular formula is C11H16N4O2. The third-order valence-electron chi connectivity index (χ3n) is 3.07. The molecular weight excluding hydrogens is 220 g/mol. The molecule has 0 N–H and O–H groups in total. The highest BCUT2D eigenvalue weighted by Gasteiger charge is 2.18. The first-order chi connectivity index (χ1) is 8.08. The van der Waals surface area contributed by atoms with Crippen LogP contribution in [0.5, 0.6) is 0 Å². The summed E-state index contributed by atoms with van der Waals surface area (Å²) in [5.41, 5.74) is 0.564. The molecule has 2 rings (SSSR count). The van der Waals surface area contributed by atoms with Crippen molar-refractivity contribution >= 4 is 11.5 Å². The fraction of sp³-hybridized carbons (Fsp3) is 0.545. The monoisotopic (exact) mass is 236 g/mol. The average molecular weight is 236 g/mol. The number of aryl methyl sites for hydroxylation is 1. The van der Waals surface area contributed by atoms with E-state index < -0.39 is 4.92 Å². The van der Waals surface area contributed by atoms with Gasteiger partial charge in [-0.1, -0.05) is 0 Å². The van der Waals surface area contributed by atoms with Crippen LogP contribution in [0.4, 0.5) is 11.5 Å². The first-order valence-electron chi connectivity index (χ1n) is 5.63. The molecule has 0 aliphatic carbocycles. The van der Waals surface area contributed by atoms with E-state index in [0.717, 1.165) is 32.0 Å². The molecule has 0 spiro atoms. The van der Waals surface area contributed by atoms with Crippen LogP contribution >= 0.6 is 0 Å². The Morgan fingerprint density at radius 3 is 2.47 bits per heavy atom. The van der Waals surface area contributed by atoms with Crippen molar-refractivity contribution in [1.29, 1.82) is 0 Å². The number of aromatic nitrogens is 1. The van der Waals surface area contributed by atoms with Crippen molar-refractivity contribution in [3.8, 4) is 0 Å². The average Bonchev–Trinajstić information content (AvgIpc) is 2.29. The highest BCUT2D eigenvalue weighted by Crippen LogP contribution is 2.21. The van der Waals surface area contributed by atoms with Crippen LogP contribution in [0.1, 0.15) is 5.69 Å². The molecule has 0 unspecified atom stereocenters. The largest absolute Gasteiger partial charge is 0.354 e. The zero-order valence-electron chi connectivity index (χ0n) is 10.1. The maximum absolute atomic E-state index is 10.7. The predicted octanol–water partition coefficient (Wildman–Crippen LogP) is 1.05. The lowest BCUT2D eigenvalue weighted by molar-refractivity contribution is -0.385. The normalized spacial score (nSPS) is 17.2. The van der Waals surface area contributed by atoms with E-state index in [1.165, 1.54) is 6.07 Å². The summed E-state index contributed by atoms with van der Waals surface area (Å²) in [6.45, 7) is 5.51. The molecule has 6 heteroatoms. The van der Waals surface area contributed by atoms with Crippen LogP contribution in [-0.2, 0) is 0 Å². The van der Waals surface area contributed by atoms with E-state index in [4.69, 9.17) is 0 Å². The van der Waals surface area contributed by atoms with Crippen LogP contribution < -0.4 is 4.90 Å². The van der Waals surface area contributed by atoms with E-state index >= 15 is 0 Å². The van der Waals surface area contributed by atoms with Gasteiger partial charge in [-0.25, -0.2) is 4.98 Å². The highest BCUT2D eigenvalue weighted by molar-refractivity contribution is 5.47. The van der Waals surface area contributed by atoms with Crippen LogP contribution in [0.3, 0.4) is 0 Å². The number of rotatable bonds is 2. The van der Waals surface area contributed by atoms with Gasteiger partial charge in [-0.3, -0.25) is 10.1 Å². The molecule has 0 saturated carbocycles. The van der Waals surface area contributed by atoms with Crippen molar-refractivity contribution in [2.75, 3.05) is 38.1 Å². The van der Waals surface area contributed by atoms with E-state index in [1.807, 2.05) is 0 Å². The molecule has 1 aliphatic heterocycles. The van der Waals surface area contributed by atoms with Crippen LogP contribution in [0.15, 0.2) is 12.1 Å². The number of hydrogen-bond acceptors (Lipinski definition) is 5. The predicted molar refractivity (Wildman–Crippen MR) is 65.3 cm³/mol. The van der Waals surface area contributed by atoms with Gasteiger partial charge in [0.25, 0.3) is 5.69 Å². The molecule has 0 amide bonds. The summed E-state index contributed by atoms with van der Waals surface area (Å²) in [5.74, 6) is 0.834. The Morgan fingerprint density at radius 2 is 1.94 bits per heavy atom. The topological polar surface area (TPSA) is 62.5 Å². The molecule has 1 saturated heterocycles. The lowest BCUT2D eigenvalue weighted by Crippen LogP contribution is -2.44. The van der Waals surface area contributed by atoms with Crippen LogP contribution in [0, 0.1) is 17.0 Å². The van der Waals surface area contributed by atoms with Crippen molar-refractivity contribution in [2.45, 2.75) is 6.92 Å². The molecule has 2 heterocycles. The summed E-state index contributed by atoms with van der Waals surface area (Å²) in [6.07, 6.45) is 0. The van der Waals surface area contributed by atoms with Crippen molar-refractivity contribution in [3.05, 3.63) is 27.9 Å². The van der Waals surface area contributed by atoms with Gasteiger partial charge < -0.3 is 9.80 Å². The van der Waals surface area contributed by atoms with E-state index in [2.05, 4.69) is 21.8 Å². The summed E-state index contributed by atoms with van der Waals surface area (Å²) < 4.78 is 0. The van der Waals surface area contributed by atoms with Gasteiger partial charge in [-0.05, 0) is 20.0 Å². The summed E-state index contributed by atoms with van der Waals surface area (Å²) >= 11 is 0. The Labute approximate surface area is 100 Å². The van der Waals surface area contributed by atoms with E-state index in [1.54, 1.807) is 13.0 Å². The van der Waals surface area contributed by atoms with Gasteiger partial charge in [0.1, 0.15) is 11.5 Å². The van der Waals surface area contributed by atoms with Crippen LogP contribution in [0.2, 0.25) is 0 Å². The highest BCUT2D eigenvalue weighted by atomic mass is 16.6. The number of nitrogens with zero attached hydrogens (tertiary/aromatic N) is 4. The zero-order chi connectivity index (χ0) is 12.4. The molecule has 1 fully saturated rings. The molecule has 1 aromatic rings. The molecule has 0 aromatic carbocycles. The van der Waals surface area contributed by atoms with Crippen molar-refractivity contribution in [2.24, 2.45) is 0 Å². The Hall–Kier alpha value is -1.69. The molecule has 0 bridgehead atoms. The quantitative estimate of drug-likeness (QED) is 0.567. The van der Waals surface area contributed by atoms with Crippen LogP contribution in [0.25, 0.3) is 0 Å². The molecule has 0 atom stereocenters. The second-order valence-corrected chi connectivity index (χ2v) is 4.32. The van der Waals surface area contributed by atoms with E-state index in [9.17, 15) is 10.1 Å². The van der Waals surface area contributed by atoms with Crippen molar-refractivity contribution in [3.63, 3.8) is 0 Å². The Morgan fingerprint density at radius 1 is 1.29 bits per heavy atom. The summed E-state index contributed by atoms with van der Waals surface area (Å²) in [5, 5.41) is 10.7. The number of hydrogen-bond donors (Lipinski definition) is 0. The van der Waals surface area contributed by atoms with Crippen molar-refractivity contribution in [1.82, 2.24) is 9.88 Å². The van der Waals surface area contributed by atoms with Gasteiger partial charge in [-0.15, -0.1) is 0 Å². The second kappa shape index (κ2) is 4.67. The molecule has 6 nitrogen and oxygen atoms in total. The number of piperazine rings is 1. The number of nitro groups is 1. The number of anilines is 1. The van der Waals surface area contributed by atoms with E-state index in [0.29, 0.717) is 5.69 Å². The van der Waals surface area contributed by atoms with E-state index in [-0.39, 0.29) is 5.69 Å². The lowest BCUT2D eigenvalue weighted by Gasteiger charge is -2.33. The Balaban J connectivity index is 2.17. The minimum Gasteiger partial charge on any atom is -0.354 e. The van der Waals surface area contributed by atoms with Crippen LogP contribution in [-0.4, -0.2) is 48.0 Å². The Kier molecular flexibility index (Phi) is 3.23. The smallest absolute Gasteiger partial charge is 0.290 e. The third-order valence-corrected chi connectivity index (χ3v) is 3.07. The number of likely N-dealkylation sites (N-methyl/N-ethyl adjacent to an activating group) is 1. The molecule has 1 aromatic heterocycles. The lowest BCUT2D eigenvalue weighted by atomic mass is 10.3. The zero-order valence-corrected chi connectivity index (χ0v) is 10.1. The summed E-state index contributed by atoms with van der Waals surface area (Å²) in [7, 11) is 2.09.